The Hall–Kier alpha value is -2.34. The van der Waals surface area contributed by atoms with Gasteiger partial charge in [0.1, 0.15) is 0 Å². The second kappa shape index (κ2) is 6.20. The molecule has 1 amide bonds. The lowest BCUT2D eigenvalue weighted by Crippen LogP contribution is -2.32. The van der Waals surface area contributed by atoms with E-state index in [9.17, 15) is 4.79 Å². The van der Waals surface area contributed by atoms with Gasteiger partial charge in [-0.2, -0.15) is 15.6 Å². The van der Waals surface area contributed by atoms with Gasteiger partial charge in [0, 0.05) is 19.3 Å². The molecule has 6 heteroatoms. The van der Waals surface area contributed by atoms with Crippen LogP contribution in [0.2, 0.25) is 0 Å². The second-order valence-corrected chi connectivity index (χ2v) is 3.10. The maximum absolute atomic E-state index is 11.9. The quantitative estimate of drug-likeness (QED) is 0.784. The summed E-state index contributed by atoms with van der Waals surface area (Å²) in [5, 5.41) is 23.2. The van der Waals surface area contributed by atoms with E-state index in [0.29, 0.717) is 18.7 Å². The fourth-order valence-electron chi connectivity index (χ4n) is 1.24. The number of aromatic amines is 1. The molecule has 16 heavy (non-hydrogen) atoms. The fraction of sp³-hybridized carbons (Fsp3) is 0.400. The molecule has 0 aliphatic rings. The van der Waals surface area contributed by atoms with Crippen molar-refractivity contribution >= 4 is 5.91 Å². The maximum Gasteiger partial charge on any atom is 0.257 e. The van der Waals surface area contributed by atoms with Crippen molar-refractivity contribution in [2.45, 2.75) is 12.8 Å². The summed E-state index contributed by atoms with van der Waals surface area (Å²) in [6, 6.07) is 3.95. The van der Waals surface area contributed by atoms with E-state index in [1.165, 1.54) is 17.3 Å². The summed E-state index contributed by atoms with van der Waals surface area (Å²) in [4.78, 5) is 13.3. The van der Waals surface area contributed by atoms with Crippen LogP contribution in [0, 0.1) is 22.7 Å². The number of hydrogen-bond donors (Lipinski definition) is 1. The molecule has 0 aliphatic carbocycles. The van der Waals surface area contributed by atoms with Gasteiger partial charge in [-0.3, -0.25) is 9.89 Å². The number of amides is 1. The van der Waals surface area contributed by atoms with E-state index in [4.69, 9.17) is 10.5 Å². The van der Waals surface area contributed by atoms with Crippen molar-refractivity contribution in [3.63, 3.8) is 0 Å². The summed E-state index contributed by atoms with van der Waals surface area (Å²) < 4.78 is 0. The van der Waals surface area contributed by atoms with Crippen LogP contribution in [0.15, 0.2) is 12.4 Å². The van der Waals surface area contributed by atoms with Crippen LogP contribution in [0.3, 0.4) is 0 Å². The zero-order valence-corrected chi connectivity index (χ0v) is 8.68. The minimum atomic E-state index is -0.209. The Kier molecular flexibility index (Phi) is 4.55. The number of nitrogens with zero attached hydrogens (tertiary/aromatic N) is 4. The SMILES string of the molecule is N#CCCN(CCC#N)C(=O)c1cn[nH]c1. The Morgan fingerprint density at radius 1 is 1.38 bits per heavy atom. The van der Waals surface area contributed by atoms with Gasteiger partial charge in [-0.25, -0.2) is 0 Å². The lowest BCUT2D eigenvalue weighted by molar-refractivity contribution is 0.0762. The Labute approximate surface area is 93.1 Å². The Morgan fingerprint density at radius 3 is 2.44 bits per heavy atom. The highest BCUT2D eigenvalue weighted by atomic mass is 16.2. The molecule has 0 atom stereocenters. The number of nitriles is 2. The zero-order valence-electron chi connectivity index (χ0n) is 8.68. The van der Waals surface area contributed by atoms with Crippen molar-refractivity contribution in [3.05, 3.63) is 18.0 Å². The minimum Gasteiger partial charge on any atom is -0.336 e. The molecule has 1 N–H and O–H groups in total. The van der Waals surface area contributed by atoms with E-state index in [2.05, 4.69) is 10.2 Å². The standard InChI is InChI=1S/C10H11N5O/c11-3-1-5-15(6-2-4-12)10(16)9-7-13-14-8-9/h7-8H,1-2,5-6H2,(H,13,14). The van der Waals surface area contributed by atoms with Gasteiger partial charge in [0.25, 0.3) is 5.91 Å². The van der Waals surface area contributed by atoms with Crippen LogP contribution in [-0.2, 0) is 0 Å². The molecule has 6 nitrogen and oxygen atoms in total. The van der Waals surface area contributed by atoms with Crippen molar-refractivity contribution in [2.24, 2.45) is 0 Å². The molecule has 0 unspecified atom stereocenters. The molecule has 0 fully saturated rings. The average Bonchev–Trinajstić information content (AvgIpc) is 2.82. The number of hydrogen-bond acceptors (Lipinski definition) is 4. The first-order valence-corrected chi connectivity index (χ1v) is 4.81. The van der Waals surface area contributed by atoms with Crippen molar-refractivity contribution in [3.8, 4) is 12.1 Å². The first kappa shape index (κ1) is 11.7. The lowest BCUT2D eigenvalue weighted by Gasteiger charge is -2.19. The molecule has 0 saturated heterocycles. The van der Waals surface area contributed by atoms with Gasteiger partial charge < -0.3 is 4.90 Å². The van der Waals surface area contributed by atoms with Gasteiger partial charge >= 0.3 is 0 Å². The third-order valence-corrected chi connectivity index (χ3v) is 2.02. The average molecular weight is 217 g/mol. The van der Waals surface area contributed by atoms with Gasteiger partial charge in [0.05, 0.1) is 36.7 Å². The van der Waals surface area contributed by atoms with Crippen LogP contribution in [0.25, 0.3) is 0 Å². The summed E-state index contributed by atoms with van der Waals surface area (Å²) in [7, 11) is 0. The molecule has 1 heterocycles. The highest BCUT2D eigenvalue weighted by molar-refractivity contribution is 5.93. The molecule has 0 bridgehead atoms. The first-order valence-electron chi connectivity index (χ1n) is 4.81. The van der Waals surface area contributed by atoms with Crippen molar-refractivity contribution < 1.29 is 4.79 Å². The van der Waals surface area contributed by atoms with Crippen molar-refractivity contribution in [1.29, 1.82) is 10.5 Å². The van der Waals surface area contributed by atoms with Crippen molar-refractivity contribution in [1.82, 2.24) is 15.1 Å². The monoisotopic (exact) mass is 217 g/mol. The first-order chi connectivity index (χ1) is 7.79. The number of aromatic nitrogens is 2. The van der Waals surface area contributed by atoms with E-state index in [-0.39, 0.29) is 18.7 Å². The van der Waals surface area contributed by atoms with Gasteiger partial charge in [-0.1, -0.05) is 0 Å². The van der Waals surface area contributed by atoms with E-state index in [1.807, 2.05) is 12.1 Å². The zero-order chi connectivity index (χ0) is 11.8. The van der Waals surface area contributed by atoms with E-state index in [1.54, 1.807) is 0 Å². The van der Waals surface area contributed by atoms with Crippen LogP contribution < -0.4 is 0 Å². The van der Waals surface area contributed by atoms with E-state index < -0.39 is 0 Å². The summed E-state index contributed by atoms with van der Waals surface area (Å²) in [5.41, 5.74) is 0.441. The highest BCUT2D eigenvalue weighted by Gasteiger charge is 2.15. The highest BCUT2D eigenvalue weighted by Crippen LogP contribution is 2.03. The summed E-state index contributed by atoms with van der Waals surface area (Å²) in [6.45, 7) is 0.671. The smallest absolute Gasteiger partial charge is 0.257 e. The predicted molar refractivity (Wildman–Crippen MR) is 55.0 cm³/mol. The predicted octanol–water partition coefficient (Wildman–Crippen LogP) is 0.679. The van der Waals surface area contributed by atoms with E-state index >= 15 is 0 Å². The van der Waals surface area contributed by atoms with Crippen LogP contribution in [-0.4, -0.2) is 34.1 Å². The van der Waals surface area contributed by atoms with Gasteiger partial charge in [0.15, 0.2) is 0 Å². The van der Waals surface area contributed by atoms with E-state index in [0.717, 1.165) is 0 Å². The molecule has 1 rings (SSSR count). The van der Waals surface area contributed by atoms with Crippen LogP contribution in [0.5, 0.6) is 0 Å². The van der Waals surface area contributed by atoms with Crippen LogP contribution in [0.1, 0.15) is 23.2 Å². The molecule has 1 aromatic rings. The molecule has 0 saturated carbocycles. The summed E-state index contributed by atoms with van der Waals surface area (Å²) >= 11 is 0. The molecule has 82 valence electrons. The van der Waals surface area contributed by atoms with Gasteiger partial charge in [-0.15, -0.1) is 0 Å². The molecule has 0 aliphatic heterocycles. The van der Waals surface area contributed by atoms with Crippen LogP contribution >= 0.6 is 0 Å². The van der Waals surface area contributed by atoms with Crippen molar-refractivity contribution in [2.75, 3.05) is 13.1 Å². The third-order valence-electron chi connectivity index (χ3n) is 2.02. The van der Waals surface area contributed by atoms with Gasteiger partial charge in [0.2, 0.25) is 0 Å². The summed E-state index contributed by atoms with van der Waals surface area (Å²) in [5.74, 6) is -0.209. The second-order valence-electron chi connectivity index (χ2n) is 3.10. The van der Waals surface area contributed by atoms with Gasteiger partial charge in [-0.05, 0) is 0 Å². The molecular weight excluding hydrogens is 206 g/mol. The Balaban J connectivity index is 2.65. The minimum absolute atomic E-state index is 0.209. The normalized spacial score (nSPS) is 9.12. The summed E-state index contributed by atoms with van der Waals surface area (Å²) in [6.07, 6.45) is 3.44. The maximum atomic E-state index is 11.9. The molecular formula is C10H11N5O. The number of rotatable bonds is 5. The number of nitrogens with one attached hydrogen (secondary N) is 1. The molecule has 0 spiro atoms. The number of carbonyl (C=O) groups excluding carboxylic acids is 1. The topological polar surface area (TPSA) is 96.6 Å². The largest absolute Gasteiger partial charge is 0.336 e. The Morgan fingerprint density at radius 2 is 2.00 bits per heavy atom. The lowest BCUT2D eigenvalue weighted by atomic mass is 10.2. The molecule has 0 aromatic carbocycles. The fourth-order valence-corrected chi connectivity index (χ4v) is 1.24. The van der Waals surface area contributed by atoms with Crippen LogP contribution in [0.4, 0.5) is 0 Å². The number of H-pyrrole nitrogens is 1. The molecule has 0 radical (unpaired) electrons. The molecule has 1 aromatic heterocycles. The number of carbonyl (C=O) groups is 1. The Bertz CT molecular complexity index is 393. The third kappa shape index (κ3) is 3.10.